The van der Waals surface area contributed by atoms with Crippen LogP contribution in [0.4, 0.5) is 0 Å². The van der Waals surface area contributed by atoms with Gasteiger partial charge in [0, 0.05) is 24.5 Å². The highest BCUT2D eigenvalue weighted by atomic mass is 15.0. The highest BCUT2D eigenvalue weighted by molar-refractivity contribution is 5.06. The summed E-state index contributed by atoms with van der Waals surface area (Å²) in [6.45, 7) is 2.35. The number of rotatable bonds is 0. The minimum absolute atomic E-state index is 0.517. The average molecular weight is 112 g/mol. The lowest BCUT2D eigenvalue weighted by Gasteiger charge is -2.54. The summed E-state index contributed by atoms with van der Waals surface area (Å²) in [5.41, 5.74) is 6.35. The van der Waals surface area contributed by atoms with Gasteiger partial charge in [-0.15, -0.1) is 0 Å². The van der Waals surface area contributed by atoms with E-state index in [0.29, 0.717) is 11.5 Å². The van der Waals surface area contributed by atoms with Crippen molar-refractivity contribution in [2.45, 2.75) is 18.9 Å². The molecule has 8 heavy (non-hydrogen) atoms. The summed E-state index contributed by atoms with van der Waals surface area (Å²) < 4.78 is 0. The zero-order valence-corrected chi connectivity index (χ0v) is 4.98. The van der Waals surface area contributed by atoms with E-state index in [-0.39, 0.29) is 0 Å². The normalized spacial score (nSPS) is 40.9. The minimum Gasteiger partial charge on any atom is -0.327 e. The summed E-state index contributed by atoms with van der Waals surface area (Å²) in [5.74, 6) is 0. The van der Waals surface area contributed by atoms with E-state index >= 15 is 0 Å². The highest BCUT2D eigenvalue weighted by Crippen LogP contribution is 2.42. The van der Waals surface area contributed by atoms with Crippen LogP contribution in [-0.4, -0.2) is 19.1 Å². The van der Waals surface area contributed by atoms with Gasteiger partial charge >= 0.3 is 0 Å². The quantitative estimate of drug-likeness (QED) is 0.451. The second-order valence-corrected chi connectivity index (χ2v) is 3.11. The second-order valence-electron chi connectivity index (χ2n) is 3.11. The van der Waals surface area contributed by atoms with Gasteiger partial charge in [-0.3, -0.25) is 0 Å². The smallest absolute Gasteiger partial charge is 0.0120 e. The molecule has 1 aliphatic heterocycles. The maximum atomic E-state index is 5.78. The van der Waals surface area contributed by atoms with Crippen LogP contribution >= 0.6 is 0 Å². The third-order valence-electron chi connectivity index (χ3n) is 2.69. The van der Waals surface area contributed by atoms with Crippen LogP contribution in [0.5, 0.6) is 0 Å². The Kier molecular flexibility index (Phi) is 0.746. The molecule has 0 aromatic rings. The Morgan fingerprint density at radius 1 is 1.50 bits per heavy atom. The Morgan fingerprint density at radius 2 is 2.25 bits per heavy atom. The van der Waals surface area contributed by atoms with Crippen molar-refractivity contribution in [2.75, 3.05) is 13.1 Å². The molecule has 1 atom stereocenters. The fourth-order valence-corrected chi connectivity index (χ4v) is 1.60. The van der Waals surface area contributed by atoms with Gasteiger partial charge in [0.1, 0.15) is 0 Å². The molecule has 2 heteroatoms. The van der Waals surface area contributed by atoms with Gasteiger partial charge in [-0.1, -0.05) is 0 Å². The molecule has 2 fully saturated rings. The summed E-state index contributed by atoms with van der Waals surface area (Å²) in [5, 5.41) is 3.25. The topological polar surface area (TPSA) is 38.0 Å². The van der Waals surface area contributed by atoms with Crippen molar-refractivity contribution in [3.8, 4) is 0 Å². The SMILES string of the molecule is N[C@@H]1CCC12CNC2. The van der Waals surface area contributed by atoms with Crippen LogP contribution in [0.2, 0.25) is 0 Å². The molecule has 0 amide bonds. The van der Waals surface area contributed by atoms with E-state index in [0.717, 1.165) is 0 Å². The third kappa shape index (κ3) is 0.361. The molecule has 0 bridgehead atoms. The molecule has 2 nitrogen and oxygen atoms in total. The molecule has 0 unspecified atom stereocenters. The lowest BCUT2D eigenvalue weighted by molar-refractivity contribution is 0.0297. The number of nitrogens with one attached hydrogen (secondary N) is 1. The first-order valence-corrected chi connectivity index (χ1v) is 3.30. The summed E-state index contributed by atoms with van der Waals surface area (Å²) in [7, 11) is 0. The molecule has 46 valence electrons. The molecule has 0 aromatic carbocycles. The third-order valence-corrected chi connectivity index (χ3v) is 2.69. The number of hydrogen-bond acceptors (Lipinski definition) is 2. The Bertz CT molecular complexity index is 102. The lowest BCUT2D eigenvalue weighted by Crippen LogP contribution is -2.67. The molecular weight excluding hydrogens is 100 g/mol. The fourth-order valence-electron chi connectivity index (χ4n) is 1.60. The van der Waals surface area contributed by atoms with E-state index in [9.17, 15) is 0 Å². The van der Waals surface area contributed by atoms with Gasteiger partial charge in [-0.2, -0.15) is 0 Å². The van der Waals surface area contributed by atoms with Crippen molar-refractivity contribution in [2.24, 2.45) is 11.1 Å². The number of hydrogen-bond donors (Lipinski definition) is 2. The molecule has 3 N–H and O–H groups in total. The maximum Gasteiger partial charge on any atom is 0.0120 e. The second kappa shape index (κ2) is 1.25. The fraction of sp³-hybridized carbons (Fsp3) is 1.00. The summed E-state index contributed by atoms with van der Waals surface area (Å²) in [6.07, 6.45) is 2.61. The van der Waals surface area contributed by atoms with Crippen molar-refractivity contribution < 1.29 is 0 Å². The predicted octanol–water partition coefficient (Wildman–Crippen LogP) is -0.303. The Labute approximate surface area is 49.4 Å². The van der Waals surface area contributed by atoms with Crippen molar-refractivity contribution in [3.05, 3.63) is 0 Å². The highest BCUT2D eigenvalue weighted by Gasteiger charge is 2.48. The minimum atomic E-state index is 0.517. The first kappa shape index (κ1) is 4.77. The van der Waals surface area contributed by atoms with Crippen LogP contribution in [0, 0.1) is 5.41 Å². The molecule has 0 aromatic heterocycles. The Hall–Kier alpha value is -0.0800. The average Bonchev–Trinajstić information content (AvgIpc) is 1.58. The summed E-state index contributed by atoms with van der Waals surface area (Å²) >= 11 is 0. The van der Waals surface area contributed by atoms with Crippen molar-refractivity contribution >= 4 is 0 Å². The molecule has 1 saturated carbocycles. The molecule has 2 rings (SSSR count). The van der Waals surface area contributed by atoms with Gasteiger partial charge in [0.05, 0.1) is 0 Å². The Balaban J connectivity index is 2.03. The van der Waals surface area contributed by atoms with Crippen LogP contribution in [0.1, 0.15) is 12.8 Å². The first-order chi connectivity index (χ1) is 3.83. The van der Waals surface area contributed by atoms with Gasteiger partial charge < -0.3 is 11.1 Å². The zero-order valence-electron chi connectivity index (χ0n) is 4.98. The number of nitrogens with two attached hydrogens (primary N) is 1. The van der Waals surface area contributed by atoms with E-state index in [2.05, 4.69) is 5.32 Å². The van der Waals surface area contributed by atoms with Gasteiger partial charge in [0.15, 0.2) is 0 Å². The van der Waals surface area contributed by atoms with Gasteiger partial charge in [0.25, 0.3) is 0 Å². The maximum absolute atomic E-state index is 5.78. The molecule has 2 aliphatic rings. The van der Waals surface area contributed by atoms with E-state index in [1.54, 1.807) is 0 Å². The van der Waals surface area contributed by atoms with Crippen LogP contribution in [0.3, 0.4) is 0 Å². The lowest BCUT2D eigenvalue weighted by atomic mass is 9.61. The van der Waals surface area contributed by atoms with Gasteiger partial charge in [-0.05, 0) is 12.8 Å². The van der Waals surface area contributed by atoms with Crippen LogP contribution in [-0.2, 0) is 0 Å². The van der Waals surface area contributed by atoms with Crippen molar-refractivity contribution in [3.63, 3.8) is 0 Å². The van der Waals surface area contributed by atoms with Gasteiger partial charge in [-0.25, -0.2) is 0 Å². The monoisotopic (exact) mass is 112 g/mol. The van der Waals surface area contributed by atoms with Crippen LogP contribution in [0.25, 0.3) is 0 Å². The molecule has 1 heterocycles. The van der Waals surface area contributed by atoms with E-state index in [4.69, 9.17) is 5.73 Å². The summed E-state index contributed by atoms with van der Waals surface area (Å²) in [4.78, 5) is 0. The molecule has 1 spiro atoms. The largest absolute Gasteiger partial charge is 0.327 e. The molecule has 1 saturated heterocycles. The first-order valence-electron chi connectivity index (χ1n) is 3.30. The molecule has 1 aliphatic carbocycles. The van der Waals surface area contributed by atoms with Gasteiger partial charge in [0.2, 0.25) is 0 Å². The van der Waals surface area contributed by atoms with Crippen LogP contribution in [0.15, 0.2) is 0 Å². The summed E-state index contributed by atoms with van der Waals surface area (Å²) in [6, 6.07) is 0.517. The standard InChI is InChI=1S/C6H12N2/c7-5-1-2-6(5)3-8-4-6/h5,8H,1-4,7H2/t5-/m1/s1. The van der Waals surface area contributed by atoms with E-state index in [1.165, 1.54) is 25.9 Å². The molecular formula is C6H12N2. The van der Waals surface area contributed by atoms with Crippen molar-refractivity contribution in [1.82, 2.24) is 5.32 Å². The molecule has 0 radical (unpaired) electrons. The van der Waals surface area contributed by atoms with Crippen LogP contribution < -0.4 is 11.1 Å². The zero-order chi connectivity index (χ0) is 5.61. The predicted molar refractivity (Wildman–Crippen MR) is 32.5 cm³/mol. The van der Waals surface area contributed by atoms with Crippen molar-refractivity contribution in [1.29, 1.82) is 0 Å². The Morgan fingerprint density at radius 3 is 2.25 bits per heavy atom. The van der Waals surface area contributed by atoms with E-state index in [1.807, 2.05) is 0 Å². The van der Waals surface area contributed by atoms with E-state index < -0.39 is 0 Å².